The van der Waals surface area contributed by atoms with Crippen LogP contribution in [0.2, 0.25) is 0 Å². The lowest BCUT2D eigenvalue weighted by molar-refractivity contribution is 0.168. The molecule has 0 saturated carbocycles. The summed E-state index contributed by atoms with van der Waals surface area (Å²) in [4.78, 5) is 2.31. The number of hydrogen-bond donors (Lipinski definition) is 2. The second-order valence-corrected chi connectivity index (χ2v) is 5.93. The van der Waals surface area contributed by atoms with Crippen molar-refractivity contribution < 1.29 is 9.50 Å². The van der Waals surface area contributed by atoms with Crippen molar-refractivity contribution in [2.45, 2.75) is 26.3 Å². The van der Waals surface area contributed by atoms with Crippen molar-refractivity contribution in [3.05, 3.63) is 34.1 Å². The van der Waals surface area contributed by atoms with Gasteiger partial charge in [-0.15, -0.1) is 0 Å². The van der Waals surface area contributed by atoms with Crippen molar-refractivity contribution in [2.24, 2.45) is 0 Å². The highest BCUT2D eigenvalue weighted by Gasteiger charge is 2.25. The molecule has 1 unspecified atom stereocenters. The predicted octanol–water partition coefficient (Wildman–Crippen LogP) is 2.73. The number of aliphatic hydroxyl groups is 1. The maximum Gasteiger partial charge on any atom is 0.137 e. The molecule has 3 nitrogen and oxygen atoms in total. The first-order valence-corrected chi connectivity index (χ1v) is 7.80. The molecule has 2 N–H and O–H groups in total. The largest absolute Gasteiger partial charge is 0.394 e. The Morgan fingerprint density at radius 2 is 2.00 bits per heavy atom. The normalized spacial score (nSPS) is 14.6. The summed E-state index contributed by atoms with van der Waals surface area (Å²) >= 11 is 3.19. The van der Waals surface area contributed by atoms with E-state index < -0.39 is 5.54 Å². The van der Waals surface area contributed by atoms with Crippen LogP contribution in [0.3, 0.4) is 0 Å². The molecule has 1 aromatic carbocycles. The zero-order valence-corrected chi connectivity index (χ0v) is 14.0. The second kappa shape index (κ2) is 8.08. The van der Waals surface area contributed by atoms with E-state index in [1.807, 2.05) is 6.92 Å². The molecule has 0 aliphatic carbocycles. The van der Waals surface area contributed by atoms with Crippen molar-refractivity contribution in [3.63, 3.8) is 0 Å². The Bertz CT molecular complexity index is 426. The Kier molecular flexibility index (Phi) is 7.09. The van der Waals surface area contributed by atoms with E-state index >= 15 is 0 Å². The van der Waals surface area contributed by atoms with Crippen LogP contribution in [-0.2, 0) is 5.54 Å². The van der Waals surface area contributed by atoms with Crippen LogP contribution in [-0.4, -0.2) is 42.8 Å². The summed E-state index contributed by atoms with van der Waals surface area (Å²) in [7, 11) is 0. The maximum atomic E-state index is 13.3. The van der Waals surface area contributed by atoms with E-state index in [0.29, 0.717) is 4.47 Å². The van der Waals surface area contributed by atoms with Crippen LogP contribution in [0.15, 0.2) is 22.7 Å². The zero-order valence-electron chi connectivity index (χ0n) is 12.4. The molecule has 0 heterocycles. The van der Waals surface area contributed by atoms with E-state index in [0.717, 1.165) is 31.7 Å². The molecule has 1 rings (SSSR count). The van der Waals surface area contributed by atoms with Crippen LogP contribution in [0.5, 0.6) is 0 Å². The van der Waals surface area contributed by atoms with Gasteiger partial charge in [0, 0.05) is 13.1 Å². The highest BCUT2D eigenvalue weighted by atomic mass is 79.9. The Labute approximate surface area is 129 Å². The second-order valence-electron chi connectivity index (χ2n) is 5.07. The summed E-state index contributed by atoms with van der Waals surface area (Å²) in [6, 6.07) is 4.84. The first-order valence-electron chi connectivity index (χ1n) is 7.00. The molecular weight excluding hydrogens is 323 g/mol. The van der Waals surface area contributed by atoms with E-state index in [1.165, 1.54) is 6.07 Å². The fourth-order valence-corrected chi connectivity index (χ4v) is 2.50. The number of benzene rings is 1. The van der Waals surface area contributed by atoms with Crippen LogP contribution >= 0.6 is 15.9 Å². The van der Waals surface area contributed by atoms with Gasteiger partial charge >= 0.3 is 0 Å². The fourth-order valence-electron chi connectivity index (χ4n) is 2.12. The predicted molar refractivity (Wildman–Crippen MR) is 84.3 cm³/mol. The topological polar surface area (TPSA) is 35.5 Å². The summed E-state index contributed by atoms with van der Waals surface area (Å²) in [5.74, 6) is -0.294. The van der Waals surface area contributed by atoms with E-state index in [9.17, 15) is 9.50 Å². The summed E-state index contributed by atoms with van der Waals surface area (Å²) in [5, 5.41) is 13.1. The Morgan fingerprint density at radius 1 is 1.35 bits per heavy atom. The molecule has 0 bridgehead atoms. The third kappa shape index (κ3) is 4.52. The highest BCUT2D eigenvalue weighted by molar-refractivity contribution is 9.10. The average Bonchev–Trinajstić information content (AvgIpc) is 2.46. The maximum absolute atomic E-state index is 13.3. The smallest absolute Gasteiger partial charge is 0.137 e. The van der Waals surface area contributed by atoms with E-state index in [1.54, 1.807) is 12.1 Å². The van der Waals surface area contributed by atoms with Gasteiger partial charge in [0.1, 0.15) is 5.82 Å². The van der Waals surface area contributed by atoms with Crippen molar-refractivity contribution in [1.29, 1.82) is 0 Å². The van der Waals surface area contributed by atoms with Crippen molar-refractivity contribution in [3.8, 4) is 0 Å². The number of rotatable bonds is 8. The lowest BCUT2D eigenvalue weighted by Crippen LogP contribution is -2.46. The van der Waals surface area contributed by atoms with Gasteiger partial charge in [0.15, 0.2) is 0 Å². The van der Waals surface area contributed by atoms with Gasteiger partial charge in [-0.2, -0.15) is 0 Å². The summed E-state index contributed by atoms with van der Waals surface area (Å²) in [6.45, 7) is 9.86. The van der Waals surface area contributed by atoms with Gasteiger partial charge in [0.25, 0.3) is 0 Å². The monoisotopic (exact) mass is 346 g/mol. The van der Waals surface area contributed by atoms with Crippen LogP contribution in [0.1, 0.15) is 26.3 Å². The molecule has 0 aliphatic heterocycles. The first kappa shape index (κ1) is 17.6. The molecule has 0 saturated heterocycles. The number of nitrogens with one attached hydrogen (secondary N) is 1. The average molecular weight is 347 g/mol. The van der Waals surface area contributed by atoms with Crippen LogP contribution in [0.25, 0.3) is 0 Å². The summed E-state index contributed by atoms with van der Waals surface area (Å²) < 4.78 is 13.7. The lowest BCUT2D eigenvalue weighted by atomic mass is 9.93. The van der Waals surface area contributed by atoms with Gasteiger partial charge < -0.3 is 15.3 Å². The van der Waals surface area contributed by atoms with Crippen molar-refractivity contribution in [1.82, 2.24) is 10.2 Å². The number of likely N-dealkylation sites (N-methyl/N-ethyl adjacent to an activating group) is 1. The van der Waals surface area contributed by atoms with Crippen molar-refractivity contribution >= 4 is 15.9 Å². The third-order valence-electron chi connectivity index (χ3n) is 3.71. The lowest BCUT2D eigenvalue weighted by Gasteiger charge is -2.31. The molecule has 5 heteroatoms. The number of aliphatic hydroxyl groups excluding tert-OH is 1. The molecule has 0 aromatic heterocycles. The van der Waals surface area contributed by atoms with Gasteiger partial charge in [-0.05, 0) is 53.6 Å². The van der Waals surface area contributed by atoms with Crippen LogP contribution < -0.4 is 5.32 Å². The van der Waals surface area contributed by atoms with E-state index in [4.69, 9.17) is 0 Å². The molecule has 0 fully saturated rings. The van der Waals surface area contributed by atoms with Gasteiger partial charge in [-0.25, -0.2) is 4.39 Å². The number of hydrogen-bond acceptors (Lipinski definition) is 3. The van der Waals surface area contributed by atoms with Crippen LogP contribution in [0.4, 0.5) is 4.39 Å². The summed E-state index contributed by atoms with van der Waals surface area (Å²) in [6.07, 6.45) is 0. The van der Waals surface area contributed by atoms with E-state index in [-0.39, 0.29) is 12.4 Å². The number of nitrogens with zero attached hydrogens (tertiary/aromatic N) is 1. The van der Waals surface area contributed by atoms with Gasteiger partial charge in [0.05, 0.1) is 16.6 Å². The zero-order chi connectivity index (χ0) is 15.2. The van der Waals surface area contributed by atoms with Crippen LogP contribution in [0, 0.1) is 5.82 Å². The number of halogens is 2. The minimum atomic E-state index is -0.566. The standard InChI is InChI=1S/C15H24BrFN2O/c1-4-19(5-2)9-8-18-15(3,11-20)12-6-7-14(17)13(16)10-12/h6-7,10,18,20H,4-5,8-9,11H2,1-3H3. The molecule has 20 heavy (non-hydrogen) atoms. The quantitative estimate of drug-likeness (QED) is 0.759. The molecule has 0 aliphatic rings. The molecule has 1 aromatic rings. The van der Waals surface area contributed by atoms with Crippen molar-refractivity contribution in [2.75, 3.05) is 32.8 Å². The van der Waals surface area contributed by atoms with Gasteiger partial charge in [0.2, 0.25) is 0 Å². The van der Waals surface area contributed by atoms with Gasteiger partial charge in [-0.3, -0.25) is 0 Å². The van der Waals surface area contributed by atoms with Gasteiger partial charge in [-0.1, -0.05) is 19.9 Å². The highest BCUT2D eigenvalue weighted by Crippen LogP contribution is 2.25. The van der Waals surface area contributed by atoms with E-state index in [2.05, 4.69) is 40.0 Å². The third-order valence-corrected chi connectivity index (χ3v) is 4.32. The Morgan fingerprint density at radius 3 is 2.50 bits per heavy atom. The molecule has 0 spiro atoms. The fraction of sp³-hybridized carbons (Fsp3) is 0.600. The molecular formula is C15H24BrFN2O. The molecule has 1 atom stereocenters. The molecule has 114 valence electrons. The molecule has 0 amide bonds. The SMILES string of the molecule is CCN(CC)CCNC(C)(CO)c1ccc(F)c(Br)c1. The Balaban J connectivity index is 2.73. The Hall–Kier alpha value is -0.490. The summed E-state index contributed by atoms with van der Waals surface area (Å²) in [5.41, 5.74) is 0.302. The first-order chi connectivity index (χ1) is 9.46. The molecule has 0 radical (unpaired) electrons. The minimum Gasteiger partial charge on any atom is -0.394 e. The minimum absolute atomic E-state index is 0.0384.